The highest BCUT2D eigenvalue weighted by Gasteiger charge is 2.19. The summed E-state index contributed by atoms with van der Waals surface area (Å²) in [6.07, 6.45) is 4.42. The summed E-state index contributed by atoms with van der Waals surface area (Å²) in [6.45, 7) is 29.6. The summed E-state index contributed by atoms with van der Waals surface area (Å²) < 4.78 is 5.27. The van der Waals surface area contributed by atoms with Crippen LogP contribution in [0.2, 0.25) is 0 Å². The van der Waals surface area contributed by atoms with Crippen LogP contribution in [0.5, 0.6) is 0 Å². The molecule has 0 aromatic carbocycles. The minimum atomic E-state index is 0.0946. The summed E-state index contributed by atoms with van der Waals surface area (Å²) in [7, 11) is 7.99. The van der Waals surface area contributed by atoms with Crippen molar-refractivity contribution in [2.24, 2.45) is 23.7 Å². The molecule has 43 heavy (non-hydrogen) atoms. The van der Waals surface area contributed by atoms with E-state index in [2.05, 4.69) is 74.1 Å². The Bertz CT molecular complexity index is 753. The predicted molar refractivity (Wildman–Crippen MR) is 184 cm³/mol. The molecule has 0 spiro atoms. The van der Waals surface area contributed by atoms with Crippen molar-refractivity contribution in [1.82, 2.24) is 31.1 Å². The van der Waals surface area contributed by atoms with E-state index in [-0.39, 0.29) is 23.7 Å². The van der Waals surface area contributed by atoms with Crippen molar-refractivity contribution >= 4 is 11.8 Å². The Hall–Kier alpha value is -2.10. The number of likely N-dealkylation sites (N-methyl/N-ethyl adjacent to an activating group) is 1. The van der Waals surface area contributed by atoms with E-state index in [0.717, 1.165) is 76.5 Å². The number of likely N-dealkylation sites (tertiary alicyclic amines) is 1. The van der Waals surface area contributed by atoms with Crippen molar-refractivity contribution in [3.8, 4) is 0 Å². The van der Waals surface area contributed by atoms with Crippen LogP contribution >= 0.6 is 0 Å². The van der Waals surface area contributed by atoms with Gasteiger partial charge in [0.25, 0.3) is 0 Å². The third kappa shape index (κ3) is 25.0. The molecular weight excluding hydrogens is 540 g/mol. The fourth-order valence-corrected chi connectivity index (χ4v) is 3.69. The number of allylic oxidation sites excluding steroid dienone is 2. The van der Waals surface area contributed by atoms with Gasteiger partial charge in [0.15, 0.2) is 0 Å². The molecule has 2 aliphatic heterocycles. The number of hydrogen-bond acceptors (Lipinski definition) is 7. The Labute approximate surface area is 266 Å². The van der Waals surface area contributed by atoms with Crippen molar-refractivity contribution in [2.45, 2.75) is 93.2 Å². The van der Waals surface area contributed by atoms with Crippen molar-refractivity contribution in [1.29, 1.82) is 0 Å². The third-order valence-corrected chi connectivity index (χ3v) is 7.30. The fourth-order valence-electron chi connectivity index (χ4n) is 3.69. The smallest absolute Gasteiger partial charge is 0.222 e. The Kier molecular flexibility index (Phi) is 25.3. The van der Waals surface area contributed by atoms with Crippen LogP contribution in [0.15, 0.2) is 24.6 Å². The van der Waals surface area contributed by atoms with Gasteiger partial charge in [0.05, 0.1) is 0 Å². The minimum absolute atomic E-state index is 0.0946. The molecule has 2 fully saturated rings. The first-order valence-electron chi connectivity index (χ1n) is 16.3. The first kappa shape index (κ1) is 43.0. The highest BCUT2D eigenvalue weighted by Crippen LogP contribution is 2.11. The Morgan fingerprint density at radius 3 is 1.60 bits per heavy atom. The van der Waals surface area contributed by atoms with Crippen molar-refractivity contribution < 1.29 is 14.3 Å². The number of nitrogens with zero attached hydrogens (tertiary/aromatic N) is 2. The van der Waals surface area contributed by atoms with E-state index in [1.165, 1.54) is 0 Å². The van der Waals surface area contributed by atoms with Gasteiger partial charge in [-0.3, -0.25) is 9.59 Å². The fraction of sp³-hybridized carbons (Fsp3) is 0.824. The molecule has 0 unspecified atom stereocenters. The summed E-state index contributed by atoms with van der Waals surface area (Å²) in [5.41, 5.74) is 2.25. The minimum Gasteiger partial charge on any atom is -0.392 e. The molecule has 2 saturated heterocycles. The van der Waals surface area contributed by atoms with Gasteiger partial charge in [-0.05, 0) is 71.8 Å². The van der Waals surface area contributed by atoms with Gasteiger partial charge in [0, 0.05) is 68.7 Å². The molecule has 9 heteroatoms. The van der Waals surface area contributed by atoms with Gasteiger partial charge in [0.1, 0.15) is 0 Å². The van der Waals surface area contributed by atoms with E-state index in [1.54, 1.807) is 0 Å². The Morgan fingerprint density at radius 1 is 0.767 bits per heavy atom. The summed E-state index contributed by atoms with van der Waals surface area (Å²) >= 11 is 0. The molecular formula is C34H70N6O3. The van der Waals surface area contributed by atoms with Crippen LogP contribution < -0.4 is 21.3 Å². The molecule has 2 amide bonds. The largest absolute Gasteiger partial charge is 0.392 e. The molecule has 2 rings (SSSR count). The van der Waals surface area contributed by atoms with Crippen LogP contribution in [0, 0.1) is 23.7 Å². The van der Waals surface area contributed by atoms with Gasteiger partial charge in [-0.25, -0.2) is 0 Å². The van der Waals surface area contributed by atoms with Crippen molar-refractivity contribution in [3.05, 3.63) is 24.6 Å². The van der Waals surface area contributed by atoms with Gasteiger partial charge in [-0.2, -0.15) is 0 Å². The molecule has 254 valence electrons. The van der Waals surface area contributed by atoms with Crippen molar-refractivity contribution in [2.75, 3.05) is 67.6 Å². The second-order valence-corrected chi connectivity index (χ2v) is 13.1. The number of piperidine rings is 1. The zero-order valence-electron chi connectivity index (χ0n) is 30.1. The molecule has 0 saturated carbocycles. The molecule has 2 aliphatic rings. The molecule has 4 N–H and O–H groups in total. The lowest BCUT2D eigenvalue weighted by atomic mass is 10.0. The van der Waals surface area contributed by atoms with E-state index in [0.29, 0.717) is 23.9 Å². The normalized spacial score (nSPS) is 15.9. The maximum Gasteiger partial charge on any atom is 0.222 e. The van der Waals surface area contributed by atoms with Gasteiger partial charge in [-0.1, -0.05) is 68.5 Å². The van der Waals surface area contributed by atoms with E-state index >= 15 is 0 Å². The topological polar surface area (TPSA) is 98.0 Å². The number of amides is 2. The van der Waals surface area contributed by atoms with E-state index in [4.69, 9.17) is 4.74 Å². The Balaban J connectivity index is 0. The van der Waals surface area contributed by atoms with Crippen LogP contribution in [-0.4, -0.2) is 101 Å². The number of hydrogen-bond donors (Lipinski definition) is 4. The number of carbonyl (C=O) groups is 2. The first-order chi connectivity index (χ1) is 20.0. The molecule has 0 aromatic rings. The zero-order chi connectivity index (χ0) is 33.5. The molecule has 2 heterocycles. The second kappa shape index (κ2) is 25.2. The van der Waals surface area contributed by atoms with Gasteiger partial charge in [-0.15, -0.1) is 0 Å². The van der Waals surface area contributed by atoms with E-state index in [1.807, 2.05) is 53.7 Å². The lowest BCUT2D eigenvalue weighted by Gasteiger charge is -2.29. The van der Waals surface area contributed by atoms with E-state index < -0.39 is 0 Å². The number of rotatable bonds is 11. The number of carbonyl (C=O) groups excluding carboxylic acids is 2. The van der Waals surface area contributed by atoms with Gasteiger partial charge in [0.2, 0.25) is 11.8 Å². The standard InChI is InChI=1S/C10H20N2O.C10H19NO.C8H18N2O.C6H13N/c1-8(2)10(13)11-9-4-6-12(3)7-5-9;1-8(2)9(3)11-10-4-6-12-7-5-10;1-7(2)8(11)9-5-6-10(3)4;1-5(2)6(3)7-4/h8-9H,4-7H2,1-3H3,(H,11,13);8,10-11H,3-7H2,1-2H3;7H,5-6H2,1-4H3,(H,9,11);5,7H,3H2,1-2,4H3. The molecule has 0 radical (unpaired) electrons. The summed E-state index contributed by atoms with van der Waals surface area (Å²) in [6, 6.07) is 1.000. The van der Waals surface area contributed by atoms with Crippen molar-refractivity contribution in [3.63, 3.8) is 0 Å². The predicted octanol–water partition coefficient (Wildman–Crippen LogP) is 4.47. The quantitative estimate of drug-likeness (QED) is 0.274. The lowest BCUT2D eigenvalue weighted by molar-refractivity contribution is -0.125. The van der Waals surface area contributed by atoms with Crippen LogP contribution in [0.25, 0.3) is 0 Å². The van der Waals surface area contributed by atoms with Crippen LogP contribution in [0.1, 0.15) is 81.1 Å². The lowest BCUT2D eigenvalue weighted by Crippen LogP contribution is -2.44. The highest BCUT2D eigenvalue weighted by molar-refractivity contribution is 5.78. The maximum absolute atomic E-state index is 11.4. The molecule has 0 bridgehead atoms. The number of ether oxygens (including phenoxy) is 1. The molecule has 0 aliphatic carbocycles. The van der Waals surface area contributed by atoms with Crippen LogP contribution in [-0.2, 0) is 14.3 Å². The maximum atomic E-state index is 11.4. The monoisotopic (exact) mass is 611 g/mol. The highest BCUT2D eigenvalue weighted by atomic mass is 16.5. The second-order valence-electron chi connectivity index (χ2n) is 13.1. The average molecular weight is 611 g/mol. The molecule has 0 aromatic heterocycles. The van der Waals surface area contributed by atoms with Crippen LogP contribution in [0.4, 0.5) is 0 Å². The summed E-state index contributed by atoms with van der Waals surface area (Å²) in [5.74, 6) is 1.62. The van der Waals surface area contributed by atoms with Crippen LogP contribution in [0.3, 0.4) is 0 Å². The third-order valence-electron chi connectivity index (χ3n) is 7.30. The average Bonchev–Trinajstić information content (AvgIpc) is 2.94. The Morgan fingerprint density at radius 2 is 1.23 bits per heavy atom. The SMILES string of the molecule is C=C(NC)C(C)C.C=C(NC1CCOCC1)C(C)C.CC(C)C(=O)NC1CCN(C)CC1.CC(C)C(=O)NCCN(C)C. The zero-order valence-corrected chi connectivity index (χ0v) is 30.1. The molecule has 9 nitrogen and oxygen atoms in total. The van der Waals surface area contributed by atoms with E-state index in [9.17, 15) is 9.59 Å². The summed E-state index contributed by atoms with van der Waals surface area (Å²) in [4.78, 5) is 26.7. The molecule has 0 atom stereocenters. The summed E-state index contributed by atoms with van der Waals surface area (Å²) in [5, 5.41) is 12.3. The first-order valence-corrected chi connectivity index (χ1v) is 16.3. The number of nitrogens with one attached hydrogen (secondary N) is 4. The van der Waals surface area contributed by atoms with Gasteiger partial charge < -0.3 is 35.8 Å². The van der Waals surface area contributed by atoms with Gasteiger partial charge >= 0.3 is 0 Å².